The summed E-state index contributed by atoms with van der Waals surface area (Å²) in [4.78, 5) is 0. The summed E-state index contributed by atoms with van der Waals surface area (Å²) in [6, 6.07) is 8.53. The van der Waals surface area contributed by atoms with Gasteiger partial charge in [0.05, 0.1) is 11.6 Å². The summed E-state index contributed by atoms with van der Waals surface area (Å²) in [6.07, 6.45) is 2.67. The first kappa shape index (κ1) is 11.5. The van der Waals surface area contributed by atoms with E-state index in [9.17, 15) is 0 Å². The molecule has 1 N–H and O–H groups in total. The molecule has 0 radical (unpaired) electrons. The Morgan fingerprint density at radius 1 is 1.25 bits per heavy atom. The SMILES string of the molecule is Cc1ccc(NC(C)(C)C2CCCO2)cc1. The average molecular weight is 219 g/mol. The average Bonchev–Trinajstić information content (AvgIpc) is 2.75. The molecule has 0 bridgehead atoms. The fourth-order valence-electron chi connectivity index (χ4n) is 2.24. The van der Waals surface area contributed by atoms with Crippen molar-refractivity contribution in [3.63, 3.8) is 0 Å². The van der Waals surface area contributed by atoms with Gasteiger partial charge in [0.2, 0.25) is 0 Å². The van der Waals surface area contributed by atoms with E-state index in [1.165, 1.54) is 17.7 Å². The van der Waals surface area contributed by atoms with Crippen molar-refractivity contribution in [2.24, 2.45) is 0 Å². The fraction of sp³-hybridized carbons (Fsp3) is 0.571. The Morgan fingerprint density at radius 2 is 1.94 bits per heavy atom. The zero-order valence-electron chi connectivity index (χ0n) is 10.4. The Labute approximate surface area is 98.0 Å². The third-order valence-corrected chi connectivity index (χ3v) is 3.25. The smallest absolute Gasteiger partial charge is 0.0799 e. The Kier molecular flexibility index (Phi) is 3.20. The van der Waals surface area contributed by atoms with E-state index in [0.717, 1.165) is 13.0 Å². The van der Waals surface area contributed by atoms with E-state index in [4.69, 9.17) is 4.74 Å². The summed E-state index contributed by atoms with van der Waals surface area (Å²) >= 11 is 0. The normalized spacial score (nSPS) is 21.1. The lowest BCUT2D eigenvalue weighted by Crippen LogP contribution is -2.43. The summed E-state index contributed by atoms with van der Waals surface area (Å²) < 4.78 is 5.75. The lowest BCUT2D eigenvalue weighted by Gasteiger charge is -2.33. The molecular weight excluding hydrogens is 198 g/mol. The molecule has 88 valence electrons. The maximum absolute atomic E-state index is 5.75. The number of rotatable bonds is 3. The van der Waals surface area contributed by atoms with Crippen molar-refractivity contribution < 1.29 is 4.74 Å². The predicted molar refractivity (Wildman–Crippen MR) is 67.9 cm³/mol. The van der Waals surface area contributed by atoms with Crippen LogP contribution in [0.1, 0.15) is 32.3 Å². The second kappa shape index (κ2) is 4.46. The van der Waals surface area contributed by atoms with Crippen molar-refractivity contribution in [2.45, 2.75) is 45.3 Å². The summed E-state index contributed by atoms with van der Waals surface area (Å²) in [6.45, 7) is 7.43. The van der Waals surface area contributed by atoms with E-state index in [0.29, 0.717) is 6.10 Å². The van der Waals surface area contributed by atoms with Crippen molar-refractivity contribution in [3.05, 3.63) is 29.8 Å². The zero-order valence-corrected chi connectivity index (χ0v) is 10.4. The molecule has 1 saturated heterocycles. The number of anilines is 1. The number of aryl methyl sites for hydroxylation is 1. The van der Waals surface area contributed by atoms with E-state index >= 15 is 0 Å². The Morgan fingerprint density at radius 3 is 2.50 bits per heavy atom. The molecule has 0 aromatic heterocycles. The Bertz CT molecular complexity index is 336. The third kappa shape index (κ3) is 2.56. The van der Waals surface area contributed by atoms with Crippen molar-refractivity contribution in [2.75, 3.05) is 11.9 Å². The molecule has 1 atom stereocenters. The first-order chi connectivity index (χ1) is 7.58. The molecule has 1 heterocycles. The van der Waals surface area contributed by atoms with Crippen LogP contribution in [0.4, 0.5) is 5.69 Å². The van der Waals surface area contributed by atoms with Crippen LogP contribution in [-0.4, -0.2) is 18.2 Å². The predicted octanol–water partition coefficient (Wildman–Crippen LogP) is 3.36. The van der Waals surface area contributed by atoms with E-state index < -0.39 is 0 Å². The molecule has 0 amide bonds. The van der Waals surface area contributed by atoms with Gasteiger partial charge in [-0.3, -0.25) is 0 Å². The van der Waals surface area contributed by atoms with Crippen molar-refractivity contribution >= 4 is 5.69 Å². The second-order valence-corrected chi connectivity index (χ2v) is 5.21. The third-order valence-electron chi connectivity index (χ3n) is 3.25. The van der Waals surface area contributed by atoms with E-state index in [1.54, 1.807) is 0 Å². The van der Waals surface area contributed by atoms with Crippen molar-refractivity contribution in [3.8, 4) is 0 Å². The number of nitrogens with one attached hydrogen (secondary N) is 1. The van der Waals surface area contributed by atoms with Gasteiger partial charge in [-0.15, -0.1) is 0 Å². The van der Waals surface area contributed by atoms with Gasteiger partial charge in [-0.05, 0) is 45.7 Å². The minimum absolute atomic E-state index is 0.00571. The topological polar surface area (TPSA) is 21.3 Å². The Hall–Kier alpha value is -1.02. The summed E-state index contributed by atoms with van der Waals surface area (Å²) in [5.74, 6) is 0. The molecule has 1 aliphatic rings. The van der Waals surface area contributed by atoms with Gasteiger partial charge >= 0.3 is 0 Å². The van der Waals surface area contributed by atoms with E-state index in [2.05, 4.69) is 50.4 Å². The Balaban J connectivity index is 2.04. The van der Waals surface area contributed by atoms with Crippen LogP contribution in [0.2, 0.25) is 0 Å². The first-order valence-corrected chi connectivity index (χ1v) is 6.04. The van der Waals surface area contributed by atoms with Gasteiger partial charge in [0.25, 0.3) is 0 Å². The van der Waals surface area contributed by atoms with Gasteiger partial charge in [-0.2, -0.15) is 0 Å². The highest BCUT2D eigenvalue weighted by atomic mass is 16.5. The number of hydrogen-bond donors (Lipinski definition) is 1. The van der Waals surface area contributed by atoms with Gasteiger partial charge in [-0.25, -0.2) is 0 Å². The van der Waals surface area contributed by atoms with E-state index in [-0.39, 0.29) is 5.54 Å². The first-order valence-electron chi connectivity index (χ1n) is 6.04. The van der Waals surface area contributed by atoms with Gasteiger partial charge in [0.1, 0.15) is 0 Å². The summed E-state index contributed by atoms with van der Waals surface area (Å²) in [7, 11) is 0. The van der Waals surface area contributed by atoms with Crippen LogP contribution in [0.25, 0.3) is 0 Å². The second-order valence-electron chi connectivity index (χ2n) is 5.21. The molecule has 1 fully saturated rings. The molecule has 0 aliphatic carbocycles. The summed E-state index contributed by atoms with van der Waals surface area (Å²) in [5, 5.41) is 3.56. The fourth-order valence-corrected chi connectivity index (χ4v) is 2.24. The maximum Gasteiger partial charge on any atom is 0.0799 e. The molecule has 1 aromatic rings. The molecule has 2 rings (SSSR count). The lowest BCUT2D eigenvalue weighted by molar-refractivity contribution is 0.0685. The lowest BCUT2D eigenvalue weighted by atomic mass is 9.94. The van der Waals surface area contributed by atoms with Crippen LogP contribution in [0, 0.1) is 6.92 Å². The zero-order chi connectivity index (χ0) is 11.6. The number of hydrogen-bond acceptors (Lipinski definition) is 2. The quantitative estimate of drug-likeness (QED) is 0.841. The van der Waals surface area contributed by atoms with Crippen molar-refractivity contribution in [1.82, 2.24) is 0 Å². The molecule has 16 heavy (non-hydrogen) atoms. The van der Waals surface area contributed by atoms with Gasteiger partial charge < -0.3 is 10.1 Å². The molecule has 2 nitrogen and oxygen atoms in total. The van der Waals surface area contributed by atoms with Gasteiger partial charge in [-0.1, -0.05) is 17.7 Å². The highest BCUT2D eigenvalue weighted by Gasteiger charge is 2.32. The molecule has 1 aliphatic heterocycles. The van der Waals surface area contributed by atoms with Crippen LogP contribution in [0.5, 0.6) is 0 Å². The molecule has 1 unspecified atom stereocenters. The van der Waals surface area contributed by atoms with Crippen LogP contribution < -0.4 is 5.32 Å². The van der Waals surface area contributed by atoms with Gasteiger partial charge in [0.15, 0.2) is 0 Å². The maximum atomic E-state index is 5.75. The van der Waals surface area contributed by atoms with Crippen LogP contribution in [0.3, 0.4) is 0 Å². The molecule has 0 spiro atoms. The van der Waals surface area contributed by atoms with Crippen molar-refractivity contribution in [1.29, 1.82) is 0 Å². The van der Waals surface area contributed by atoms with Gasteiger partial charge in [0, 0.05) is 12.3 Å². The van der Waals surface area contributed by atoms with Crippen LogP contribution in [0.15, 0.2) is 24.3 Å². The molecular formula is C14H21NO. The van der Waals surface area contributed by atoms with Crippen LogP contribution >= 0.6 is 0 Å². The highest BCUT2D eigenvalue weighted by molar-refractivity contribution is 5.46. The number of ether oxygens (including phenoxy) is 1. The minimum atomic E-state index is 0.00571. The monoisotopic (exact) mass is 219 g/mol. The largest absolute Gasteiger partial charge is 0.378 e. The highest BCUT2D eigenvalue weighted by Crippen LogP contribution is 2.27. The summed E-state index contributed by atoms with van der Waals surface area (Å²) in [5.41, 5.74) is 2.47. The minimum Gasteiger partial charge on any atom is -0.378 e. The standard InChI is InChI=1S/C14H21NO/c1-11-6-8-12(9-7-11)15-14(2,3)13-5-4-10-16-13/h6-9,13,15H,4-5,10H2,1-3H3. The molecule has 1 aromatic carbocycles. The molecule has 2 heteroatoms. The number of benzene rings is 1. The van der Waals surface area contributed by atoms with Crippen LogP contribution in [-0.2, 0) is 4.74 Å². The van der Waals surface area contributed by atoms with E-state index in [1.807, 2.05) is 0 Å². The molecule has 0 saturated carbocycles.